The largest absolute Gasteiger partial charge is 0.481 e. The van der Waals surface area contributed by atoms with E-state index in [9.17, 15) is 14.7 Å². The second-order valence-corrected chi connectivity index (χ2v) is 9.62. The lowest BCUT2D eigenvalue weighted by Crippen LogP contribution is -2.56. The molecule has 158 valence electrons. The highest BCUT2D eigenvalue weighted by molar-refractivity contribution is 9.10. The summed E-state index contributed by atoms with van der Waals surface area (Å²) < 4.78 is 6.33. The van der Waals surface area contributed by atoms with Crippen molar-refractivity contribution in [3.63, 3.8) is 0 Å². The number of carboxylic acid groups (broad SMARTS) is 1. The molecule has 8 heteroatoms. The highest BCUT2D eigenvalue weighted by atomic mass is 79.9. The molecule has 0 bridgehead atoms. The molecule has 1 fully saturated rings. The summed E-state index contributed by atoms with van der Waals surface area (Å²) in [7, 11) is 0. The number of nitrogens with zero attached hydrogens (tertiary/aromatic N) is 1. The van der Waals surface area contributed by atoms with Crippen LogP contribution in [0.25, 0.3) is 11.1 Å². The molecule has 2 aromatic carbocycles. The molecule has 6 nitrogen and oxygen atoms in total. The Balaban J connectivity index is 1.32. The minimum absolute atomic E-state index is 0.0312. The first-order chi connectivity index (χ1) is 15.0. The van der Waals surface area contributed by atoms with E-state index < -0.39 is 23.5 Å². The SMILES string of the molecule is O=C(NC1(c2nc(Br)cs2)CC(C(=O)O)C1)OCC1c2ccccc2-c2ccccc21. The lowest BCUT2D eigenvalue weighted by atomic mass is 9.68. The van der Waals surface area contributed by atoms with E-state index in [1.807, 2.05) is 29.6 Å². The highest BCUT2D eigenvalue weighted by Crippen LogP contribution is 2.48. The van der Waals surface area contributed by atoms with Gasteiger partial charge in [0, 0.05) is 11.3 Å². The van der Waals surface area contributed by atoms with Crippen LogP contribution in [0, 0.1) is 5.92 Å². The molecule has 31 heavy (non-hydrogen) atoms. The van der Waals surface area contributed by atoms with Crippen molar-refractivity contribution in [1.82, 2.24) is 10.3 Å². The number of carboxylic acids is 1. The number of ether oxygens (including phenoxy) is 1. The van der Waals surface area contributed by atoms with Gasteiger partial charge in [-0.2, -0.15) is 0 Å². The quantitative estimate of drug-likeness (QED) is 0.508. The number of alkyl carbamates (subject to hydrolysis) is 1. The van der Waals surface area contributed by atoms with Gasteiger partial charge in [0.1, 0.15) is 16.2 Å². The summed E-state index contributed by atoms with van der Waals surface area (Å²) in [6.07, 6.45) is 0.0379. The van der Waals surface area contributed by atoms with Crippen LogP contribution in [0.5, 0.6) is 0 Å². The Labute approximate surface area is 191 Å². The standard InChI is InChI=1S/C23H19BrN2O4S/c24-19-12-31-21(25-19)23(9-13(10-23)20(27)28)26-22(29)30-11-18-16-7-3-1-5-14(16)15-6-2-4-8-17(15)18/h1-8,12-13,18H,9-11H2,(H,26,29)(H,27,28). The second-order valence-electron chi connectivity index (χ2n) is 7.95. The van der Waals surface area contributed by atoms with Crippen molar-refractivity contribution >= 4 is 39.3 Å². The number of fused-ring (bicyclic) bond motifs is 3. The number of nitrogens with one attached hydrogen (secondary N) is 1. The Morgan fingerprint density at radius 3 is 2.29 bits per heavy atom. The van der Waals surface area contributed by atoms with Crippen LogP contribution >= 0.6 is 27.3 Å². The fourth-order valence-corrected chi connectivity index (χ4v) is 6.02. The summed E-state index contributed by atoms with van der Waals surface area (Å²) in [5.41, 5.74) is 3.82. The zero-order valence-electron chi connectivity index (χ0n) is 16.4. The van der Waals surface area contributed by atoms with Gasteiger partial charge >= 0.3 is 12.1 Å². The number of amides is 1. The van der Waals surface area contributed by atoms with E-state index in [1.54, 1.807) is 0 Å². The van der Waals surface area contributed by atoms with E-state index in [-0.39, 0.29) is 12.5 Å². The molecule has 1 heterocycles. The predicted molar refractivity (Wildman–Crippen MR) is 120 cm³/mol. The zero-order valence-corrected chi connectivity index (χ0v) is 18.8. The Kier molecular flexibility index (Phi) is 5.06. The molecular weight excluding hydrogens is 480 g/mol. The molecule has 3 aromatic rings. The zero-order chi connectivity index (χ0) is 21.6. The van der Waals surface area contributed by atoms with Crippen LogP contribution in [0.1, 0.15) is 34.9 Å². The fraction of sp³-hybridized carbons (Fsp3) is 0.261. The van der Waals surface area contributed by atoms with Gasteiger partial charge in [0.25, 0.3) is 0 Å². The van der Waals surface area contributed by atoms with E-state index in [0.717, 1.165) is 11.1 Å². The van der Waals surface area contributed by atoms with Crippen molar-refractivity contribution in [3.8, 4) is 11.1 Å². The summed E-state index contributed by atoms with van der Waals surface area (Å²) in [5.74, 6) is -1.39. The van der Waals surface area contributed by atoms with Crippen LogP contribution in [0.15, 0.2) is 58.5 Å². The maximum absolute atomic E-state index is 12.8. The van der Waals surface area contributed by atoms with E-state index >= 15 is 0 Å². The molecule has 2 N–H and O–H groups in total. The summed E-state index contributed by atoms with van der Waals surface area (Å²) >= 11 is 4.73. The van der Waals surface area contributed by atoms with E-state index in [0.29, 0.717) is 22.5 Å². The van der Waals surface area contributed by atoms with Gasteiger partial charge in [-0.1, -0.05) is 48.5 Å². The Morgan fingerprint density at radius 2 is 1.74 bits per heavy atom. The normalized spacial score (nSPS) is 21.6. The van der Waals surface area contributed by atoms with Gasteiger partial charge < -0.3 is 15.2 Å². The lowest BCUT2D eigenvalue weighted by molar-refractivity contribution is -0.148. The fourth-order valence-electron chi connectivity index (χ4n) is 4.59. The average molecular weight is 499 g/mol. The molecule has 0 radical (unpaired) electrons. The summed E-state index contributed by atoms with van der Waals surface area (Å²) in [6.45, 7) is 0.208. The number of aromatic nitrogens is 1. The van der Waals surface area contributed by atoms with Gasteiger partial charge in [-0.3, -0.25) is 4.79 Å². The average Bonchev–Trinajstić information content (AvgIpc) is 3.30. The monoisotopic (exact) mass is 498 g/mol. The maximum atomic E-state index is 12.8. The highest BCUT2D eigenvalue weighted by Gasteiger charge is 2.52. The van der Waals surface area contributed by atoms with Crippen LogP contribution in [-0.4, -0.2) is 28.8 Å². The van der Waals surface area contributed by atoms with Crippen molar-refractivity contribution < 1.29 is 19.4 Å². The Bertz CT molecular complexity index is 1130. The predicted octanol–water partition coefficient (Wildman–Crippen LogP) is 5.13. The van der Waals surface area contributed by atoms with Gasteiger partial charge in [-0.05, 0) is 51.0 Å². The third-order valence-corrected chi connectivity index (χ3v) is 7.87. The topological polar surface area (TPSA) is 88.5 Å². The van der Waals surface area contributed by atoms with Gasteiger partial charge in [-0.25, -0.2) is 9.78 Å². The molecule has 0 saturated heterocycles. The summed E-state index contributed by atoms with van der Waals surface area (Å²) in [4.78, 5) is 28.5. The van der Waals surface area contributed by atoms with Gasteiger partial charge in [-0.15, -0.1) is 11.3 Å². The molecule has 0 unspecified atom stereocenters. The number of aliphatic carboxylic acids is 1. The number of carbonyl (C=O) groups excluding carboxylic acids is 1. The van der Waals surface area contributed by atoms with Crippen LogP contribution < -0.4 is 5.32 Å². The van der Waals surface area contributed by atoms with Crippen molar-refractivity contribution in [2.24, 2.45) is 5.92 Å². The Morgan fingerprint density at radius 1 is 1.13 bits per heavy atom. The molecular formula is C23H19BrN2O4S. The molecule has 0 aliphatic heterocycles. The second kappa shape index (κ2) is 7.76. The van der Waals surface area contributed by atoms with Crippen LogP contribution in [0.2, 0.25) is 0 Å². The molecule has 1 aromatic heterocycles. The molecule has 1 saturated carbocycles. The summed E-state index contributed by atoms with van der Waals surface area (Å²) in [5, 5.41) is 14.7. The van der Waals surface area contributed by atoms with Crippen molar-refractivity contribution in [2.75, 3.05) is 6.61 Å². The summed E-state index contributed by atoms with van der Waals surface area (Å²) in [6, 6.07) is 16.3. The molecule has 0 spiro atoms. The number of benzene rings is 2. The minimum Gasteiger partial charge on any atom is -0.481 e. The van der Waals surface area contributed by atoms with E-state index in [2.05, 4.69) is 50.5 Å². The first kappa shape index (κ1) is 20.2. The van der Waals surface area contributed by atoms with E-state index in [4.69, 9.17) is 4.74 Å². The van der Waals surface area contributed by atoms with Gasteiger partial charge in [0.2, 0.25) is 0 Å². The van der Waals surface area contributed by atoms with Gasteiger partial charge in [0.15, 0.2) is 0 Å². The van der Waals surface area contributed by atoms with Crippen LogP contribution in [-0.2, 0) is 15.1 Å². The maximum Gasteiger partial charge on any atom is 0.407 e. The molecule has 1 amide bonds. The first-order valence-electron chi connectivity index (χ1n) is 9.94. The molecule has 2 aliphatic rings. The van der Waals surface area contributed by atoms with Crippen LogP contribution in [0.4, 0.5) is 4.79 Å². The third kappa shape index (κ3) is 3.53. The van der Waals surface area contributed by atoms with Crippen molar-refractivity contribution in [1.29, 1.82) is 0 Å². The molecule has 5 rings (SSSR count). The molecule has 0 atom stereocenters. The lowest BCUT2D eigenvalue weighted by Gasteiger charge is -2.44. The number of halogens is 1. The van der Waals surface area contributed by atoms with E-state index in [1.165, 1.54) is 22.5 Å². The Hall–Kier alpha value is -2.71. The third-order valence-electron chi connectivity index (χ3n) is 6.11. The van der Waals surface area contributed by atoms with Crippen molar-refractivity contribution in [2.45, 2.75) is 24.3 Å². The number of thiazole rings is 1. The molecule has 2 aliphatic carbocycles. The number of carbonyl (C=O) groups is 2. The number of hydrogen-bond acceptors (Lipinski definition) is 5. The van der Waals surface area contributed by atoms with Gasteiger partial charge in [0.05, 0.1) is 11.5 Å². The van der Waals surface area contributed by atoms with Crippen molar-refractivity contribution in [3.05, 3.63) is 74.6 Å². The minimum atomic E-state index is -0.861. The number of rotatable bonds is 5. The smallest absolute Gasteiger partial charge is 0.407 e. The van der Waals surface area contributed by atoms with Crippen LogP contribution in [0.3, 0.4) is 0 Å². The first-order valence-corrected chi connectivity index (χ1v) is 11.6. The number of hydrogen-bond donors (Lipinski definition) is 2.